The summed E-state index contributed by atoms with van der Waals surface area (Å²) in [7, 11) is 0. The second-order valence-corrected chi connectivity index (χ2v) is 4.17. The zero-order valence-corrected chi connectivity index (χ0v) is 10.3. The van der Waals surface area contributed by atoms with E-state index in [-0.39, 0.29) is 5.82 Å². The Bertz CT molecular complexity index is 495. The van der Waals surface area contributed by atoms with Crippen LogP contribution in [0.1, 0.15) is 30.8 Å². The van der Waals surface area contributed by atoms with Crippen molar-refractivity contribution in [3.05, 3.63) is 47.8 Å². The van der Waals surface area contributed by atoms with Crippen LogP contribution in [-0.4, -0.2) is 19.9 Å². The summed E-state index contributed by atoms with van der Waals surface area (Å²) in [5, 5.41) is 14.2. The summed E-state index contributed by atoms with van der Waals surface area (Å²) < 4.78 is 14.6. The lowest BCUT2D eigenvalue weighted by molar-refractivity contribution is 0.174. The van der Waals surface area contributed by atoms with Crippen LogP contribution in [0.25, 0.3) is 0 Å². The van der Waals surface area contributed by atoms with Crippen molar-refractivity contribution in [2.75, 3.05) is 0 Å². The molecular weight excluding hydrogens is 233 g/mol. The highest BCUT2D eigenvalue weighted by Gasteiger charge is 2.13. The second kappa shape index (κ2) is 5.73. The summed E-state index contributed by atoms with van der Waals surface area (Å²) in [5.41, 5.74) is 0.683. The SMILES string of the molecule is CCCn1ncnc1CC(O)c1ccc(F)cc1. The van der Waals surface area contributed by atoms with Gasteiger partial charge < -0.3 is 5.11 Å². The number of aliphatic hydroxyl groups excluding tert-OH is 1. The van der Waals surface area contributed by atoms with Gasteiger partial charge >= 0.3 is 0 Å². The minimum atomic E-state index is -0.689. The van der Waals surface area contributed by atoms with Crippen LogP contribution in [0.15, 0.2) is 30.6 Å². The first-order chi connectivity index (χ1) is 8.70. The van der Waals surface area contributed by atoms with Gasteiger partial charge in [0.15, 0.2) is 0 Å². The third-order valence-corrected chi connectivity index (χ3v) is 2.76. The predicted molar refractivity (Wildman–Crippen MR) is 65.4 cm³/mol. The van der Waals surface area contributed by atoms with E-state index < -0.39 is 6.10 Å². The number of halogens is 1. The highest BCUT2D eigenvalue weighted by molar-refractivity contribution is 5.19. The van der Waals surface area contributed by atoms with Crippen molar-refractivity contribution < 1.29 is 9.50 Å². The van der Waals surface area contributed by atoms with Crippen LogP contribution in [0.5, 0.6) is 0 Å². The van der Waals surface area contributed by atoms with E-state index in [9.17, 15) is 9.50 Å². The maximum Gasteiger partial charge on any atom is 0.138 e. The summed E-state index contributed by atoms with van der Waals surface area (Å²) >= 11 is 0. The number of benzene rings is 1. The normalized spacial score (nSPS) is 12.6. The monoisotopic (exact) mass is 249 g/mol. The summed E-state index contributed by atoms with van der Waals surface area (Å²) in [4.78, 5) is 4.14. The Labute approximate surface area is 105 Å². The molecule has 2 aromatic rings. The average Bonchev–Trinajstić information content (AvgIpc) is 2.78. The van der Waals surface area contributed by atoms with E-state index in [4.69, 9.17) is 0 Å². The molecule has 0 radical (unpaired) electrons. The minimum absolute atomic E-state index is 0.305. The fraction of sp³-hybridized carbons (Fsp3) is 0.385. The van der Waals surface area contributed by atoms with E-state index in [1.165, 1.54) is 18.5 Å². The van der Waals surface area contributed by atoms with E-state index in [1.54, 1.807) is 16.8 Å². The Hall–Kier alpha value is -1.75. The Morgan fingerprint density at radius 2 is 2.06 bits per heavy atom. The maximum absolute atomic E-state index is 12.8. The zero-order valence-electron chi connectivity index (χ0n) is 10.3. The third kappa shape index (κ3) is 2.92. The first-order valence-corrected chi connectivity index (χ1v) is 6.01. The fourth-order valence-corrected chi connectivity index (χ4v) is 1.82. The van der Waals surface area contributed by atoms with Gasteiger partial charge in [0, 0.05) is 13.0 Å². The summed E-state index contributed by atoms with van der Waals surface area (Å²) in [5.74, 6) is 0.439. The van der Waals surface area contributed by atoms with Gasteiger partial charge in [-0.25, -0.2) is 9.37 Å². The molecule has 0 spiro atoms. The Balaban J connectivity index is 2.08. The van der Waals surface area contributed by atoms with Crippen LogP contribution in [0, 0.1) is 5.82 Å². The highest BCUT2D eigenvalue weighted by atomic mass is 19.1. The molecule has 1 aromatic heterocycles. The van der Waals surface area contributed by atoms with Crippen LogP contribution >= 0.6 is 0 Å². The van der Waals surface area contributed by atoms with Crippen molar-refractivity contribution in [3.63, 3.8) is 0 Å². The van der Waals surface area contributed by atoms with Crippen molar-refractivity contribution in [2.24, 2.45) is 0 Å². The summed E-state index contributed by atoms with van der Waals surface area (Å²) in [6.07, 6.45) is 2.14. The van der Waals surface area contributed by atoms with Crippen molar-refractivity contribution >= 4 is 0 Å². The molecule has 96 valence electrons. The van der Waals surface area contributed by atoms with Crippen molar-refractivity contribution in [3.8, 4) is 0 Å². The average molecular weight is 249 g/mol. The van der Waals surface area contributed by atoms with Crippen LogP contribution in [0.3, 0.4) is 0 Å². The van der Waals surface area contributed by atoms with Crippen LogP contribution < -0.4 is 0 Å². The molecule has 1 heterocycles. The smallest absolute Gasteiger partial charge is 0.138 e. The molecule has 0 saturated heterocycles. The number of aryl methyl sites for hydroxylation is 1. The first kappa shape index (κ1) is 12.7. The van der Waals surface area contributed by atoms with Crippen LogP contribution in [-0.2, 0) is 13.0 Å². The van der Waals surface area contributed by atoms with Gasteiger partial charge in [-0.3, -0.25) is 4.68 Å². The molecule has 0 bridgehead atoms. The quantitative estimate of drug-likeness (QED) is 0.882. The van der Waals surface area contributed by atoms with Gasteiger partial charge in [0.05, 0.1) is 6.10 Å². The van der Waals surface area contributed by atoms with Gasteiger partial charge in [-0.15, -0.1) is 0 Å². The molecule has 1 N–H and O–H groups in total. The van der Waals surface area contributed by atoms with Gasteiger partial charge in [0.2, 0.25) is 0 Å². The van der Waals surface area contributed by atoms with Crippen molar-refractivity contribution in [2.45, 2.75) is 32.4 Å². The van der Waals surface area contributed by atoms with E-state index in [1.807, 2.05) is 0 Å². The van der Waals surface area contributed by atoms with Crippen molar-refractivity contribution in [1.29, 1.82) is 0 Å². The molecule has 2 rings (SSSR count). The van der Waals surface area contributed by atoms with Crippen molar-refractivity contribution in [1.82, 2.24) is 14.8 Å². The van der Waals surface area contributed by atoms with Gasteiger partial charge in [-0.1, -0.05) is 19.1 Å². The second-order valence-electron chi connectivity index (χ2n) is 4.17. The number of hydrogen-bond donors (Lipinski definition) is 1. The minimum Gasteiger partial charge on any atom is -0.388 e. The number of hydrogen-bond acceptors (Lipinski definition) is 3. The summed E-state index contributed by atoms with van der Waals surface area (Å²) in [6.45, 7) is 2.84. The number of aromatic nitrogens is 3. The molecule has 0 saturated carbocycles. The Morgan fingerprint density at radius 1 is 1.33 bits per heavy atom. The standard InChI is InChI=1S/C13H16FN3O/c1-2-7-17-13(15-9-16-17)8-12(18)10-3-5-11(14)6-4-10/h3-6,9,12,18H,2,7-8H2,1H3. The Morgan fingerprint density at radius 3 is 2.72 bits per heavy atom. The third-order valence-electron chi connectivity index (χ3n) is 2.76. The molecule has 0 fully saturated rings. The molecule has 0 aliphatic heterocycles. The molecule has 0 amide bonds. The molecule has 1 atom stereocenters. The molecule has 0 aliphatic rings. The molecule has 5 heteroatoms. The maximum atomic E-state index is 12.8. The molecule has 18 heavy (non-hydrogen) atoms. The topological polar surface area (TPSA) is 50.9 Å². The van der Waals surface area contributed by atoms with Crippen LogP contribution in [0.4, 0.5) is 4.39 Å². The fourth-order valence-electron chi connectivity index (χ4n) is 1.82. The Kier molecular flexibility index (Phi) is 4.04. The van der Waals surface area contributed by atoms with E-state index in [0.29, 0.717) is 12.0 Å². The van der Waals surface area contributed by atoms with Gasteiger partial charge in [0.1, 0.15) is 18.0 Å². The molecule has 1 unspecified atom stereocenters. The lowest BCUT2D eigenvalue weighted by Crippen LogP contribution is -2.10. The first-order valence-electron chi connectivity index (χ1n) is 6.01. The van der Waals surface area contributed by atoms with Gasteiger partial charge in [-0.05, 0) is 24.1 Å². The molecule has 0 aliphatic carbocycles. The van der Waals surface area contributed by atoms with E-state index in [0.717, 1.165) is 18.8 Å². The zero-order chi connectivity index (χ0) is 13.0. The largest absolute Gasteiger partial charge is 0.388 e. The summed E-state index contributed by atoms with van der Waals surface area (Å²) in [6, 6.07) is 5.85. The lowest BCUT2D eigenvalue weighted by atomic mass is 10.1. The van der Waals surface area contributed by atoms with Crippen LogP contribution in [0.2, 0.25) is 0 Å². The van der Waals surface area contributed by atoms with E-state index >= 15 is 0 Å². The number of rotatable bonds is 5. The predicted octanol–water partition coefficient (Wildman–Crippen LogP) is 2.10. The number of aliphatic hydroxyl groups is 1. The molecule has 4 nitrogen and oxygen atoms in total. The molecular formula is C13H16FN3O. The molecule has 1 aromatic carbocycles. The lowest BCUT2D eigenvalue weighted by Gasteiger charge is -2.11. The van der Waals surface area contributed by atoms with E-state index in [2.05, 4.69) is 17.0 Å². The van der Waals surface area contributed by atoms with Gasteiger partial charge in [0.25, 0.3) is 0 Å². The van der Waals surface area contributed by atoms with Gasteiger partial charge in [-0.2, -0.15) is 5.10 Å². The highest BCUT2D eigenvalue weighted by Crippen LogP contribution is 2.17. The number of nitrogens with zero attached hydrogens (tertiary/aromatic N) is 3.